The zero-order chi connectivity index (χ0) is 19.4. The van der Waals surface area contributed by atoms with Gasteiger partial charge in [0.25, 0.3) is 5.91 Å². The van der Waals surface area contributed by atoms with Crippen LogP contribution in [0, 0.1) is 19.8 Å². The lowest BCUT2D eigenvalue weighted by molar-refractivity contribution is 0.0659. The highest BCUT2D eigenvalue weighted by Crippen LogP contribution is 2.23. The third-order valence-corrected chi connectivity index (χ3v) is 5.26. The van der Waals surface area contributed by atoms with Crippen LogP contribution in [0.1, 0.15) is 34.5 Å². The zero-order valence-electron chi connectivity index (χ0n) is 16.6. The third kappa shape index (κ3) is 4.56. The van der Waals surface area contributed by atoms with Gasteiger partial charge in [0, 0.05) is 49.7 Å². The van der Waals surface area contributed by atoms with E-state index in [-0.39, 0.29) is 5.91 Å². The summed E-state index contributed by atoms with van der Waals surface area (Å²) in [4.78, 5) is 25.2. The molecule has 6 nitrogen and oxygen atoms in total. The van der Waals surface area contributed by atoms with Gasteiger partial charge in [-0.2, -0.15) is 0 Å². The molecular weight excluding hydrogens is 340 g/mol. The van der Waals surface area contributed by atoms with E-state index in [9.17, 15) is 4.79 Å². The van der Waals surface area contributed by atoms with Crippen molar-refractivity contribution in [2.45, 2.75) is 26.7 Å². The Morgan fingerprint density at radius 2 is 1.96 bits per heavy atom. The van der Waals surface area contributed by atoms with Crippen molar-refractivity contribution in [3.63, 3.8) is 0 Å². The average molecular weight is 368 g/mol. The molecule has 1 aromatic carbocycles. The molecule has 1 fully saturated rings. The van der Waals surface area contributed by atoms with E-state index in [4.69, 9.17) is 4.74 Å². The smallest absolute Gasteiger partial charge is 0.253 e. The van der Waals surface area contributed by atoms with Gasteiger partial charge in [-0.05, 0) is 50.8 Å². The molecule has 2 aromatic rings. The van der Waals surface area contributed by atoms with Crippen molar-refractivity contribution in [1.82, 2.24) is 14.9 Å². The van der Waals surface area contributed by atoms with Gasteiger partial charge in [0.05, 0.1) is 6.61 Å². The second-order valence-electron chi connectivity index (χ2n) is 7.38. The average Bonchev–Trinajstić information content (AvgIpc) is 2.69. The first-order chi connectivity index (χ1) is 13.0. The lowest BCUT2D eigenvalue weighted by Gasteiger charge is -2.32. The van der Waals surface area contributed by atoms with Gasteiger partial charge < -0.3 is 14.5 Å². The van der Waals surface area contributed by atoms with E-state index in [1.54, 1.807) is 6.33 Å². The number of amides is 1. The van der Waals surface area contributed by atoms with Crippen molar-refractivity contribution in [2.75, 3.05) is 38.7 Å². The first kappa shape index (κ1) is 19.1. The molecule has 3 rings (SSSR count). The second kappa shape index (κ2) is 8.37. The zero-order valence-corrected chi connectivity index (χ0v) is 16.6. The predicted molar refractivity (Wildman–Crippen MR) is 106 cm³/mol. The van der Waals surface area contributed by atoms with Crippen LogP contribution in [0.3, 0.4) is 0 Å². The van der Waals surface area contributed by atoms with E-state index in [2.05, 4.69) is 9.97 Å². The maximum Gasteiger partial charge on any atom is 0.253 e. The van der Waals surface area contributed by atoms with Crippen LogP contribution in [0.2, 0.25) is 0 Å². The number of likely N-dealkylation sites (tertiary alicyclic amines) is 1. The fourth-order valence-corrected chi connectivity index (χ4v) is 3.26. The van der Waals surface area contributed by atoms with E-state index < -0.39 is 0 Å². The molecule has 0 N–H and O–H groups in total. The highest BCUT2D eigenvalue weighted by Gasteiger charge is 2.24. The minimum Gasteiger partial charge on any atom is -0.477 e. The van der Waals surface area contributed by atoms with Gasteiger partial charge in [-0.25, -0.2) is 9.97 Å². The van der Waals surface area contributed by atoms with E-state index in [0.717, 1.165) is 48.4 Å². The number of aryl methyl sites for hydroxylation is 1. The molecule has 0 aliphatic carbocycles. The Balaban J connectivity index is 1.53. The van der Waals surface area contributed by atoms with Crippen LogP contribution in [-0.4, -0.2) is 54.6 Å². The molecular formula is C21H28N4O2. The van der Waals surface area contributed by atoms with Crippen LogP contribution in [-0.2, 0) is 0 Å². The molecule has 2 heterocycles. The van der Waals surface area contributed by atoms with Crippen molar-refractivity contribution in [1.29, 1.82) is 0 Å². The summed E-state index contributed by atoms with van der Waals surface area (Å²) in [6.07, 6.45) is 3.44. The summed E-state index contributed by atoms with van der Waals surface area (Å²) < 4.78 is 5.92. The van der Waals surface area contributed by atoms with Crippen LogP contribution in [0.5, 0.6) is 5.88 Å². The number of rotatable bonds is 5. The Bertz CT molecular complexity index is 799. The summed E-state index contributed by atoms with van der Waals surface area (Å²) in [6, 6.07) is 7.80. The molecule has 6 heteroatoms. The number of aromatic nitrogens is 2. The van der Waals surface area contributed by atoms with Crippen LogP contribution in [0.15, 0.2) is 30.6 Å². The first-order valence-electron chi connectivity index (χ1n) is 9.43. The molecule has 0 atom stereocenters. The largest absolute Gasteiger partial charge is 0.477 e. The van der Waals surface area contributed by atoms with Gasteiger partial charge in [-0.15, -0.1) is 0 Å². The molecule has 1 aliphatic rings. The summed E-state index contributed by atoms with van der Waals surface area (Å²) in [5.41, 5.74) is 3.73. The maximum absolute atomic E-state index is 12.8. The molecule has 0 bridgehead atoms. The molecule has 1 aliphatic heterocycles. The second-order valence-corrected chi connectivity index (χ2v) is 7.38. The van der Waals surface area contributed by atoms with Gasteiger partial charge in [-0.1, -0.05) is 6.07 Å². The normalized spacial score (nSPS) is 14.9. The fourth-order valence-electron chi connectivity index (χ4n) is 3.26. The minimum atomic E-state index is 0.111. The minimum absolute atomic E-state index is 0.111. The highest BCUT2D eigenvalue weighted by atomic mass is 16.5. The standard InChI is InChI=1S/C21H28N4O2/c1-15-16(2)22-14-23-20(15)27-13-17-8-10-25(11-9-17)21(26)18-6-5-7-19(12-18)24(3)4/h5-7,12,14,17H,8-11,13H2,1-4H3. The summed E-state index contributed by atoms with van der Waals surface area (Å²) in [5.74, 6) is 1.22. The fraction of sp³-hybridized carbons (Fsp3) is 0.476. The van der Waals surface area contributed by atoms with Gasteiger partial charge in [0.2, 0.25) is 5.88 Å². The number of anilines is 1. The van der Waals surface area contributed by atoms with Crippen molar-refractivity contribution >= 4 is 11.6 Å². The van der Waals surface area contributed by atoms with Crippen molar-refractivity contribution in [3.05, 3.63) is 47.4 Å². The van der Waals surface area contributed by atoms with Crippen LogP contribution in [0.25, 0.3) is 0 Å². The van der Waals surface area contributed by atoms with E-state index >= 15 is 0 Å². The van der Waals surface area contributed by atoms with Gasteiger partial charge >= 0.3 is 0 Å². The third-order valence-electron chi connectivity index (χ3n) is 5.26. The number of carbonyl (C=O) groups excluding carboxylic acids is 1. The van der Waals surface area contributed by atoms with Crippen molar-refractivity contribution < 1.29 is 9.53 Å². The number of nitrogens with zero attached hydrogens (tertiary/aromatic N) is 4. The van der Waals surface area contributed by atoms with Gasteiger partial charge in [0.1, 0.15) is 6.33 Å². The lowest BCUT2D eigenvalue weighted by atomic mass is 9.97. The molecule has 0 radical (unpaired) electrons. The molecule has 27 heavy (non-hydrogen) atoms. The number of carbonyl (C=O) groups is 1. The van der Waals surface area contributed by atoms with Crippen LogP contribution < -0.4 is 9.64 Å². The van der Waals surface area contributed by atoms with Crippen LogP contribution in [0.4, 0.5) is 5.69 Å². The first-order valence-corrected chi connectivity index (χ1v) is 9.43. The van der Waals surface area contributed by atoms with E-state index in [0.29, 0.717) is 18.4 Å². The maximum atomic E-state index is 12.8. The number of hydrogen-bond acceptors (Lipinski definition) is 5. The summed E-state index contributed by atoms with van der Waals surface area (Å²) in [5, 5.41) is 0. The van der Waals surface area contributed by atoms with E-state index in [1.165, 1.54) is 0 Å². The number of benzene rings is 1. The number of hydrogen-bond donors (Lipinski definition) is 0. The van der Waals surface area contributed by atoms with Gasteiger partial charge in [0.15, 0.2) is 0 Å². The SMILES string of the molecule is Cc1ncnc(OCC2CCN(C(=O)c3cccc(N(C)C)c3)CC2)c1C. The summed E-state index contributed by atoms with van der Waals surface area (Å²) >= 11 is 0. The van der Waals surface area contributed by atoms with Crippen molar-refractivity contribution in [2.24, 2.45) is 5.92 Å². The molecule has 0 saturated carbocycles. The quantitative estimate of drug-likeness (QED) is 0.812. The molecule has 144 valence electrons. The molecule has 0 unspecified atom stereocenters. The van der Waals surface area contributed by atoms with Crippen molar-refractivity contribution in [3.8, 4) is 5.88 Å². The number of ether oxygens (including phenoxy) is 1. The summed E-state index contributed by atoms with van der Waals surface area (Å²) in [6.45, 7) is 6.10. The molecule has 1 aromatic heterocycles. The Morgan fingerprint density at radius 3 is 2.67 bits per heavy atom. The molecule has 1 saturated heterocycles. The highest BCUT2D eigenvalue weighted by molar-refractivity contribution is 5.95. The Morgan fingerprint density at radius 1 is 1.22 bits per heavy atom. The Labute approximate surface area is 161 Å². The van der Waals surface area contributed by atoms with E-state index in [1.807, 2.05) is 62.0 Å². The van der Waals surface area contributed by atoms with Crippen LogP contribution >= 0.6 is 0 Å². The Kier molecular flexibility index (Phi) is 5.94. The lowest BCUT2D eigenvalue weighted by Crippen LogP contribution is -2.39. The Hall–Kier alpha value is -2.63. The predicted octanol–water partition coefficient (Wildman–Crippen LogP) is 3.09. The molecule has 0 spiro atoms. The monoisotopic (exact) mass is 368 g/mol. The summed E-state index contributed by atoms with van der Waals surface area (Å²) in [7, 11) is 3.96. The molecule has 1 amide bonds. The topological polar surface area (TPSA) is 58.6 Å². The number of piperidine rings is 1. The van der Waals surface area contributed by atoms with Gasteiger partial charge in [-0.3, -0.25) is 4.79 Å².